The third kappa shape index (κ3) is 8.61. The van der Waals surface area contributed by atoms with Gasteiger partial charge >= 0.3 is 5.97 Å². The van der Waals surface area contributed by atoms with Crippen LogP contribution in [0.2, 0.25) is 0 Å². The minimum Gasteiger partial charge on any atom is -0.481 e. The van der Waals surface area contributed by atoms with Gasteiger partial charge in [-0.3, -0.25) is 9.59 Å². The maximum atomic E-state index is 12.1. The Morgan fingerprint density at radius 2 is 1.71 bits per heavy atom. The number of rotatable bonds is 13. The van der Waals surface area contributed by atoms with Crippen LogP contribution in [0.3, 0.4) is 0 Å². The topological polar surface area (TPSA) is 123 Å². The summed E-state index contributed by atoms with van der Waals surface area (Å²) >= 11 is 1.66. The van der Waals surface area contributed by atoms with Crippen molar-refractivity contribution in [1.82, 2.24) is 14.9 Å². The van der Waals surface area contributed by atoms with Gasteiger partial charge in [0, 0.05) is 56.1 Å². The Balaban J connectivity index is 1.29. The fourth-order valence-corrected chi connectivity index (χ4v) is 6.44. The lowest BCUT2D eigenvalue weighted by Gasteiger charge is -2.41. The van der Waals surface area contributed by atoms with E-state index in [9.17, 15) is 14.7 Å². The number of carbonyl (C=O) groups is 2. The quantitative estimate of drug-likeness (QED) is 0.153. The first-order valence-corrected chi connectivity index (χ1v) is 16.1. The number of thioether (sulfide) groups is 1. The molecule has 0 radical (unpaired) electrons. The smallest absolute Gasteiger partial charge is 0.303 e. The maximum Gasteiger partial charge on any atom is 0.303 e. The zero-order valence-electron chi connectivity index (χ0n) is 25.5. The molecule has 0 unspecified atom stereocenters. The van der Waals surface area contributed by atoms with Gasteiger partial charge in [0.25, 0.3) is 0 Å². The molecule has 3 aromatic carbocycles. The van der Waals surface area contributed by atoms with E-state index in [0.717, 1.165) is 44.3 Å². The molecule has 0 spiro atoms. The van der Waals surface area contributed by atoms with Gasteiger partial charge in [-0.15, -0.1) is 0 Å². The molecular formula is C35H39N3O6S. The Morgan fingerprint density at radius 3 is 2.40 bits per heavy atom. The van der Waals surface area contributed by atoms with Gasteiger partial charge in [0.2, 0.25) is 5.91 Å². The SMILES string of the molecule is C[C@H]1[C@@H](CSc2nccn2C)O[C@@H](c2ccc(-c3cccc(CNC(=O)CCCC(=O)O)c3)cc2)O[C@H]1c1ccc(CO)cc1. The Hall–Kier alpha value is -3.96. The van der Waals surface area contributed by atoms with E-state index in [2.05, 4.69) is 17.2 Å². The summed E-state index contributed by atoms with van der Waals surface area (Å²) in [5.74, 6) is -0.260. The Labute approximate surface area is 267 Å². The molecule has 1 aliphatic rings. The highest BCUT2D eigenvalue weighted by Gasteiger charge is 2.38. The molecule has 0 aliphatic carbocycles. The van der Waals surface area contributed by atoms with Crippen LogP contribution in [0.1, 0.15) is 60.8 Å². The van der Waals surface area contributed by atoms with Crippen molar-refractivity contribution in [2.45, 2.75) is 63.0 Å². The van der Waals surface area contributed by atoms with Crippen LogP contribution in [0.5, 0.6) is 0 Å². The number of nitrogens with zero attached hydrogens (tertiary/aromatic N) is 2. The maximum absolute atomic E-state index is 12.1. The van der Waals surface area contributed by atoms with Gasteiger partial charge in [0.1, 0.15) is 0 Å². The summed E-state index contributed by atoms with van der Waals surface area (Å²) in [7, 11) is 1.98. The van der Waals surface area contributed by atoms with E-state index in [4.69, 9.17) is 14.6 Å². The van der Waals surface area contributed by atoms with Crippen molar-refractivity contribution in [2.24, 2.45) is 13.0 Å². The summed E-state index contributed by atoms with van der Waals surface area (Å²) in [5, 5.41) is 22.1. The number of amides is 1. The number of imidazole rings is 1. The Bertz CT molecular complexity index is 1570. The minimum absolute atomic E-state index is 0.00544. The molecule has 1 aromatic heterocycles. The number of aryl methyl sites for hydroxylation is 1. The molecule has 1 amide bonds. The van der Waals surface area contributed by atoms with Crippen molar-refractivity contribution < 1.29 is 29.3 Å². The largest absolute Gasteiger partial charge is 0.481 e. The predicted octanol–water partition coefficient (Wildman–Crippen LogP) is 6.03. The summed E-state index contributed by atoms with van der Waals surface area (Å²) in [6.07, 6.45) is 3.37. The molecule has 4 aromatic rings. The van der Waals surface area contributed by atoms with Gasteiger partial charge in [-0.2, -0.15) is 0 Å². The number of aliphatic hydroxyl groups is 1. The van der Waals surface area contributed by atoms with Crippen LogP contribution in [-0.4, -0.2) is 43.5 Å². The minimum atomic E-state index is -0.898. The first kappa shape index (κ1) is 32.4. The van der Waals surface area contributed by atoms with E-state index in [1.54, 1.807) is 18.0 Å². The predicted molar refractivity (Wildman–Crippen MR) is 172 cm³/mol. The molecule has 236 valence electrons. The van der Waals surface area contributed by atoms with Gasteiger partial charge in [-0.25, -0.2) is 4.98 Å². The number of benzene rings is 3. The van der Waals surface area contributed by atoms with Crippen LogP contribution >= 0.6 is 11.8 Å². The molecule has 1 saturated heterocycles. The van der Waals surface area contributed by atoms with Crippen molar-refractivity contribution in [3.05, 3.63) is 107 Å². The highest BCUT2D eigenvalue weighted by molar-refractivity contribution is 7.99. The number of carboxylic acid groups (broad SMARTS) is 1. The lowest BCUT2D eigenvalue weighted by atomic mass is 9.91. The number of carboxylic acids is 1. The highest BCUT2D eigenvalue weighted by Crippen LogP contribution is 2.43. The third-order valence-electron chi connectivity index (χ3n) is 8.00. The van der Waals surface area contributed by atoms with Crippen LogP contribution in [0.4, 0.5) is 0 Å². The lowest BCUT2D eigenvalue weighted by Crippen LogP contribution is -2.38. The zero-order chi connectivity index (χ0) is 31.8. The van der Waals surface area contributed by atoms with Crippen LogP contribution in [0.25, 0.3) is 11.1 Å². The van der Waals surface area contributed by atoms with Gasteiger partial charge in [-0.05, 0) is 40.3 Å². The molecule has 10 heteroatoms. The van der Waals surface area contributed by atoms with Crippen molar-refractivity contribution in [3.63, 3.8) is 0 Å². The molecule has 1 fully saturated rings. The zero-order valence-corrected chi connectivity index (χ0v) is 26.3. The number of hydrogen-bond acceptors (Lipinski definition) is 7. The van der Waals surface area contributed by atoms with Gasteiger partial charge < -0.3 is 29.6 Å². The molecule has 1 aliphatic heterocycles. The summed E-state index contributed by atoms with van der Waals surface area (Å²) in [6, 6.07) is 24.0. The van der Waals surface area contributed by atoms with E-state index in [0.29, 0.717) is 13.0 Å². The molecule has 3 N–H and O–H groups in total. The average molecular weight is 630 g/mol. The Kier molecular flexibility index (Phi) is 11.1. The fraction of sp³-hybridized carbons (Fsp3) is 0.343. The number of aliphatic carboxylic acids is 1. The van der Waals surface area contributed by atoms with Crippen molar-refractivity contribution in [1.29, 1.82) is 0 Å². The Morgan fingerprint density at radius 1 is 0.956 bits per heavy atom. The number of hydrogen-bond donors (Lipinski definition) is 3. The molecule has 5 rings (SSSR count). The monoisotopic (exact) mass is 629 g/mol. The van der Waals surface area contributed by atoms with Gasteiger partial charge in [-0.1, -0.05) is 85.4 Å². The molecule has 45 heavy (non-hydrogen) atoms. The van der Waals surface area contributed by atoms with Crippen LogP contribution in [0.15, 0.2) is 90.3 Å². The van der Waals surface area contributed by atoms with Crippen LogP contribution in [0, 0.1) is 5.92 Å². The summed E-state index contributed by atoms with van der Waals surface area (Å²) < 4.78 is 15.2. The molecule has 0 bridgehead atoms. The molecule has 0 saturated carbocycles. The normalized spacial score (nSPS) is 19.7. The molecule has 9 nitrogen and oxygen atoms in total. The lowest BCUT2D eigenvalue weighted by molar-refractivity contribution is -0.268. The summed E-state index contributed by atoms with van der Waals surface area (Å²) in [6.45, 7) is 2.52. The second-order valence-corrected chi connectivity index (χ2v) is 12.3. The fourth-order valence-electron chi connectivity index (χ4n) is 5.34. The van der Waals surface area contributed by atoms with E-state index in [1.165, 1.54) is 0 Å². The second kappa shape index (κ2) is 15.4. The van der Waals surface area contributed by atoms with Crippen molar-refractivity contribution in [3.8, 4) is 11.1 Å². The van der Waals surface area contributed by atoms with Crippen LogP contribution < -0.4 is 5.32 Å². The summed E-state index contributed by atoms with van der Waals surface area (Å²) in [4.78, 5) is 27.2. The van der Waals surface area contributed by atoms with E-state index in [1.807, 2.05) is 90.6 Å². The number of nitrogens with one attached hydrogen (secondary N) is 1. The van der Waals surface area contributed by atoms with Crippen molar-refractivity contribution in [2.75, 3.05) is 5.75 Å². The second-order valence-electron chi connectivity index (χ2n) is 11.3. The van der Waals surface area contributed by atoms with E-state index < -0.39 is 12.3 Å². The average Bonchev–Trinajstić information content (AvgIpc) is 3.47. The van der Waals surface area contributed by atoms with Gasteiger partial charge in [0.05, 0.1) is 18.8 Å². The van der Waals surface area contributed by atoms with E-state index in [-0.39, 0.29) is 43.5 Å². The molecular weight excluding hydrogens is 590 g/mol. The van der Waals surface area contributed by atoms with E-state index >= 15 is 0 Å². The first-order chi connectivity index (χ1) is 21.8. The van der Waals surface area contributed by atoms with Crippen LogP contribution in [-0.2, 0) is 39.3 Å². The summed E-state index contributed by atoms with van der Waals surface area (Å²) in [5.41, 5.74) is 5.82. The third-order valence-corrected chi connectivity index (χ3v) is 9.15. The number of aliphatic hydroxyl groups excluding tert-OH is 1. The first-order valence-electron chi connectivity index (χ1n) is 15.1. The van der Waals surface area contributed by atoms with Crippen molar-refractivity contribution >= 4 is 23.6 Å². The highest BCUT2D eigenvalue weighted by atomic mass is 32.2. The molecule has 2 heterocycles. The standard InChI is InChI=1S/C35H39N3O6S/c1-23-30(22-45-35-36-17-18-38(35)2)43-34(44-33(23)27-11-9-24(21-39)10-12-27)28-15-13-26(14-16-28)29-6-3-5-25(19-29)20-37-31(40)7-4-8-32(41)42/h3,5-6,9-19,23,30,33-34,39H,4,7-8,20-22H2,1-2H3,(H,37,40)(H,41,42)/t23-,30+,33+,34+/m0/s1. The van der Waals surface area contributed by atoms with Gasteiger partial charge in [0.15, 0.2) is 11.4 Å². The number of aromatic nitrogens is 2. The number of ether oxygens (including phenoxy) is 2. The molecule has 4 atom stereocenters. The number of carbonyl (C=O) groups excluding carboxylic acids is 1.